The third-order valence-corrected chi connectivity index (χ3v) is 2.63. The number of benzene rings is 1. The molecule has 0 aliphatic heterocycles. The summed E-state index contributed by atoms with van der Waals surface area (Å²) in [6, 6.07) is 10.1. The molecule has 2 N–H and O–H groups in total. The molecule has 4 heteroatoms. The van der Waals surface area contributed by atoms with Crippen molar-refractivity contribution >= 4 is 22.4 Å². The van der Waals surface area contributed by atoms with Crippen LogP contribution < -0.4 is 5.32 Å². The number of aromatic amines is 1. The first-order valence-corrected chi connectivity index (χ1v) is 5.44. The minimum absolute atomic E-state index is 0.812. The molecule has 3 rings (SSSR count). The van der Waals surface area contributed by atoms with E-state index >= 15 is 0 Å². The lowest BCUT2D eigenvalue weighted by Gasteiger charge is -2.05. The zero-order chi connectivity index (χ0) is 11.7. The van der Waals surface area contributed by atoms with Crippen molar-refractivity contribution in [1.29, 1.82) is 0 Å². The van der Waals surface area contributed by atoms with Gasteiger partial charge in [-0.05, 0) is 31.2 Å². The van der Waals surface area contributed by atoms with Gasteiger partial charge in [0.1, 0.15) is 12.1 Å². The summed E-state index contributed by atoms with van der Waals surface area (Å²) in [6.45, 7) is 1.95. The third kappa shape index (κ3) is 1.97. The van der Waals surface area contributed by atoms with Crippen LogP contribution in [0.4, 0.5) is 11.5 Å². The maximum absolute atomic E-state index is 4.17. The second-order valence-electron chi connectivity index (χ2n) is 3.95. The van der Waals surface area contributed by atoms with E-state index in [1.807, 2.05) is 37.4 Å². The summed E-state index contributed by atoms with van der Waals surface area (Å²) in [5.41, 5.74) is 3.11. The van der Waals surface area contributed by atoms with E-state index in [9.17, 15) is 0 Å². The second-order valence-corrected chi connectivity index (χ2v) is 3.95. The van der Waals surface area contributed by atoms with Crippen molar-refractivity contribution in [1.82, 2.24) is 15.0 Å². The molecular formula is C13H12N4. The van der Waals surface area contributed by atoms with Crippen LogP contribution in [0.15, 0.2) is 42.9 Å². The van der Waals surface area contributed by atoms with Crippen molar-refractivity contribution in [2.45, 2.75) is 6.92 Å². The largest absolute Gasteiger partial charge is 0.361 e. The van der Waals surface area contributed by atoms with Crippen LogP contribution in [-0.4, -0.2) is 15.0 Å². The molecule has 0 atom stereocenters. The van der Waals surface area contributed by atoms with Crippen molar-refractivity contribution in [3.8, 4) is 0 Å². The van der Waals surface area contributed by atoms with E-state index in [4.69, 9.17) is 0 Å². The second kappa shape index (κ2) is 3.90. The maximum atomic E-state index is 4.17. The molecule has 0 spiro atoms. The molecule has 0 aliphatic rings. The molecule has 0 amide bonds. The van der Waals surface area contributed by atoms with E-state index in [1.165, 1.54) is 5.39 Å². The number of hydrogen-bond acceptors (Lipinski definition) is 3. The monoisotopic (exact) mass is 224 g/mol. The summed E-state index contributed by atoms with van der Waals surface area (Å²) in [6.07, 6.45) is 3.50. The Labute approximate surface area is 98.7 Å². The van der Waals surface area contributed by atoms with Gasteiger partial charge in [0.15, 0.2) is 0 Å². The number of nitrogens with zero attached hydrogens (tertiary/aromatic N) is 2. The number of nitrogens with one attached hydrogen (secondary N) is 2. The summed E-state index contributed by atoms with van der Waals surface area (Å²) >= 11 is 0. The van der Waals surface area contributed by atoms with E-state index in [-0.39, 0.29) is 0 Å². The Morgan fingerprint density at radius 2 is 2.06 bits per heavy atom. The van der Waals surface area contributed by atoms with Gasteiger partial charge in [0, 0.05) is 34.5 Å². The Hall–Kier alpha value is -2.36. The van der Waals surface area contributed by atoms with Crippen molar-refractivity contribution < 1.29 is 0 Å². The van der Waals surface area contributed by atoms with E-state index in [0.717, 1.165) is 22.7 Å². The van der Waals surface area contributed by atoms with E-state index in [1.54, 1.807) is 6.33 Å². The van der Waals surface area contributed by atoms with Gasteiger partial charge >= 0.3 is 0 Å². The maximum Gasteiger partial charge on any atom is 0.133 e. The normalized spacial score (nSPS) is 10.6. The van der Waals surface area contributed by atoms with Crippen LogP contribution in [-0.2, 0) is 0 Å². The highest BCUT2D eigenvalue weighted by Gasteiger charge is 1.99. The van der Waals surface area contributed by atoms with E-state index in [2.05, 4.69) is 26.3 Å². The lowest BCUT2D eigenvalue weighted by Crippen LogP contribution is -1.94. The van der Waals surface area contributed by atoms with Crippen LogP contribution in [0.25, 0.3) is 10.9 Å². The van der Waals surface area contributed by atoms with Gasteiger partial charge in [-0.25, -0.2) is 9.97 Å². The first-order valence-electron chi connectivity index (χ1n) is 5.44. The quantitative estimate of drug-likeness (QED) is 0.703. The minimum atomic E-state index is 0.812. The molecule has 17 heavy (non-hydrogen) atoms. The molecule has 2 aromatic heterocycles. The summed E-state index contributed by atoms with van der Waals surface area (Å²) in [4.78, 5) is 11.4. The Balaban J connectivity index is 1.94. The van der Waals surface area contributed by atoms with Crippen molar-refractivity contribution in [3.05, 3.63) is 48.5 Å². The number of aromatic nitrogens is 3. The van der Waals surface area contributed by atoms with Gasteiger partial charge in [0.25, 0.3) is 0 Å². The van der Waals surface area contributed by atoms with Crippen LogP contribution in [0, 0.1) is 6.92 Å². The first kappa shape index (κ1) is 9.84. The summed E-state index contributed by atoms with van der Waals surface area (Å²) in [5, 5.41) is 4.44. The molecule has 0 bridgehead atoms. The van der Waals surface area contributed by atoms with Crippen LogP contribution >= 0.6 is 0 Å². The highest BCUT2D eigenvalue weighted by atomic mass is 15.0. The van der Waals surface area contributed by atoms with Crippen molar-refractivity contribution in [2.75, 3.05) is 5.32 Å². The van der Waals surface area contributed by atoms with Crippen LogP contribution in [0.1, 0.15) is 5.69 Å². The first-order chi connectivity index (χ1) is 8.31. The van der Waals surface area contributed by atoms with Crippen LogP contribution in [0.3, 0.4) is 0 Å². The highest BCUT2D eigenvalue weighted by Crippen LogP contribution is 2.20. The number of fused-ring (bicyclic) bond motifs is 1. The molecule has 84 valence electrons. The summed E-state index contributed by atoms with van der Waals surface area (Å²) in [5.74, 6) is 0.812. The molecule has 3 aromatic rings. The zero-order valence-corrected chi connectivity index (χ0v) is 9.44. The number of anilines is 2. The lowest BCUT2D eigenvalue weighted by molar-refractivity contribution is 1.10. The average molecular weight is 224 g/mol. The highest BCUT2D eigenvalue weighted by molar-refractivity contribution is 5.83. The average Bonchev–Trinajstić information content (AvgIpc) is 2.76. The molecule has 0 radical (unpaired) electrons. The van der Waals surface area contributed by atoms with E-state index < -0.39 is 0 Å². The van der Waals surface area contributed by atoms with Crippen LogP contribution in [0.2, 0.25) is 0 Å². The number of H-pyrrole nitrogens is 1. The standard InChI is InChI=1S/C13H12N4/c1-9-6-13(16-8-15-9)17-11-2-3-12-10(7-11)4-5-14-12/h2-8,14H,1H3,(H,15,16,17). The SMILES string of the molecule is Cc1cc(Nc2ccc3[nH]ccc3c2)ncn1. The van der Waals surface area contributed by atoms with Gasteiger partial charge in [-0.1, -0.05) is 0 Å². The molecule has 0 saturated carbocycles. The topological polar surface area (TPSA) is 53.6 Å². The number of aryl methyl sites for hydroxylation is 1. The van der Waals surface area contributed by atoms with Gasteiger partial charge < -0.3 is 10.3 Å². The summed E-state index contributed by atoms with van der Waals surface area (Å²) < 4.78 is 0. The molecule has 0 aliphatic carbocycles. The predicted molar refractivity (Wildman–Crippen MR) is 68.4 cm³/mol. The Morgan fingerprint density at radius 1 is 1.12 bits per heavy atom. The predicted octanol–water partition coefficient (Wildman–Crippen LogP) is 3.01. The molecule has 0 saturated heterocycles. The Morgan fingerprint density at radius 3 is 2.94 bits per heavy atom. The van der Waals surface area contributed by atoms with E-state index in [0.29, 0.717) is 0 Å². The fraction of sp³-hybridized carbons (Fsp3) is 0.0769. The van der Waals surface area contributed by atoms with Gasteiger partial charge in [-0.3, -0.25) is 0 Å². The molecule has 0 fully saturated rings. The Bertz CT molecular complexity index is 657. The molecule has 2 heterocycles. The smallest absolute Gasteiger partial charge is 0.133 e. The molecular weight excluding hydrogens is 212 g/mol. The molecule has 0 unspecified atom stereocenters. The van der Waals surface area contributed by atoms with Crippen LogP contribution in [0.5, 0.6) is 0 Å². The molecule has 4 nitrogen and oxygen atoms in total. The summed E-state index contributed by atoms with van der Waals surface area (Å²) in [7, 11) is 0. The van der Waals surface area contributed by atoms with Crippen molar-refractivity contribution in [3.63, 3.8) is 0 Å². The Kier molecular flexibility index (Phi) is 2.26. The third-order valence-electron chi connectivity index (χ3n) is 2.63. The zero-order valence-electron chi connectivity index (χ0n) is 9.44. The van der Waals surface area contributed by atoms with Gasteiger partial charge in [-0.2, -0.15) is 0 Å². The van der Waals surface area contributed by atoms with Gasteiger partial charge in [0.2, 0.25) is 0 Å². The number of rotatable bonds is 2. The van der Waals surface area contributed by atoms with Crippen molar-refractivity contribution in [2.24, 2.45) is 0 Å². The fourth-order valence-corrected chi connectivity index (χ4v) is 1.80. The fourth-order valence-electron chi connectivity index (χ4n) is 1.80. The molecule has 1 aromatic carbocycles. The van der Waals surface area contributed by atoms with Gasteiger partial charge in [0.05, 0.1) is 0 Å². The van der Waals surface area contributed by atoms with Gasteiger partial charge in [-0.15, -0.1) is 0 Å². The number of hydrogen-bond donors (Lipinski definition) is 2. The lowest BCUT2D eigenvalue weighted by atomic mass is 10.2. The minimum Gasteiger partial charge on any atom is -0.361 e.